The van der Waals surface area contributed by atoms with Crippen LogP contribution in [0.25, 0.3) is 0 Å². The van der Waals surface area contributed by atoms with E-state index in [1.165, 1.54) is 21.3 Å². The van der Waals surface area contributed by atoms with Crippen LogP contribution in [-0.2, 0) is 22.6 Å². The normalized spacial score (nSPS) is 13.5. The Morgan fingerprint density at radius 2 is 1.27 bits per heavy atom. The summed E-state index contributed by atoms with van der Waals surface area (Å²) in [4.78, 5) is 0. The molecule has 0 aliphatic rings. The van der Waals surface area contributed by atoms with Crippen LogP contribution in [0.4, 0.5) is 0 Å². The van der Waals surface area contributed by atoms with E-state index in [4.69, 9.17) is 13.3 Å². The Kier molecular flexibility index (Phi) is 3.65. The summed E-state index contributed by atoms with van der Waals surface area (Å²) in [5, 5.41) is 0. The monoisotopic (exact) mass is 200 g/mol. The molecule has 5 nitrogen and oxygen atoms in total. The maximum Gasteiger partial charge on any atom is 0.633 e. The highest BCUT2D eigenvalue weighted by Gasteiger charge is 2.51. The van der Waals surface area contributed by atoms with Gasteiger partial charge in [0, 0.05) is 27.6 Å². The van der Waals surface area contributed by atoms with Gasteiger partial charge in [-0.15, -0.1) is 0 Å². The van der Waals surface area contributed by atoms with Crippen molar-refractivity contribution in [1.29, 1.82) is 0 Å². The van der Waals surface area contributed by atoms with Crippen molar-refractivity contribution >= 4 is 17.2 Å². The minimum atomic E-state index is -3.45. The topological polar surface area (TPSA) is 61.8 Å². The van der Waals surface area contributed by atoms with Gasteiger partial charge >= 0.3 is 7.95 Å². The van der Waals surface area contributed by atoms with Crippen molar-refractivity contribution in [2.45, 2.75) is 0 Å². The van der Waals surface area contributed by atoms with Crippen molar-refractivity contribution in [2.75, 3.05) is 27.6 Å². The Hall–Kier alpha value is 0.0469. The van der Waals surface area contributed by atoms with Crippen molar-refractivity contribution in [3.05, 3.63) is 0 Å². The highest BCUT2D eigenvalue weighted by Crippen LogP contribution is 2.12. The van der Waals surface area contributed by atoms with Crippen molar-refractivity contribution < 1.29 is 21.7 Å². The molecule has 0 spiro atoms. The molecule has 0 atom stereocenters. The standard InChI is InChI=1S/C4H12O5SSi/c1-7-11(8-2,9-3)10(4,5)6/h1-4H3. The summed E-state index contributed by atoms with van der Waals surface area (Å²) in [6, 6.07) is 0. The van der Waals surface area contributed by atoms with Crippen LogP contribution in [0.2, 0.25) is 0 Å². The molecule has 11 heavy (non-hydrogen) atoms. The predicted molar refractivity (Wildman–Crippen MR) is 41.6 cm³/mol. The second-order valence-corrected chi connectivity index (χ2v) is 9.38. The second-order valence-electron chi connectivity index (χ2n) is 1.88. The molecular weight excluding hydrogens is 188 g/mol. The molecule has 0 aromatic carbocycles. The average Bonchev–Trinajstić information content (AvgIpc) is 1.90. The van der Waals surface area contributed by atoms with Crippen LogP contribution in [-0.4, -0.2) is 44.0 Å². The van der Waals surface area contributed by atoms with E-state index < -0.39 is 17.2 Å². The van der Waals surface area contributed by atoms with E-state index in [1.807, 2.05) is 0 Å². The Morgan fingerprint density at radius 3 is 1.27 bits per heavy atom. The minimum Gasteiger partial charge on any atom is -0.366 e. The van der Waals surface area contributed by atoms with Gasteiger partial charge in [0.25, 0.3) is 0 Å². The number of hydrogen-bond donors (Lipinski definition) is 0. The molecule has 0 aromatic rings. The summed E-state index contributed by atoms with van der Waals surface area (Å²) in [6.07, 6.45) is 1.02. The van der Waals surface area contributed by atoms with Crippen molar-refractivity contribution in [3.8, 4) is 0 Å². The van der Waals surface area contributed by atoms with Crippen LogP contribution in [0.3, 0.4) is 0 Å². The maximum absolute atomic E-state index is 11.0. The molecule has 0 heterocycles. The van der Waals surface area contributed by atoms with E-state index in [1.54, 1.807) is 0 Å². The van der Waals surface area contributed by atoms with Crippen LogP contribution in [0.1, 0.15) is 0 Å². The molecule has 0 aliphatic carbocycles. The lowest BCUT2D eigenvalue weighted by Gasteiger charge is -2.20. The van der Waals surface area contributed by atoms with E-state index >= 15 is 0 Å². The minimum absolute atomic E-state index is 1.02. The number of hydrogen-bond acceptors (Lipinski definition) is 5. The van der Waals surface area contributed by atoms with Gasteiger partial charge in [-0.2, -0.15) is 0 Å². The molecule has 0 aliphatic heterocycles. The molecule has 0 bridgehead atoms. The van der Waals surface area contributed by atoms with Crippen LogP contribution >= 0.6 is 0 Å². The molecule has 7 heteroatoms. The summed E-state index contributed by atoms with van der Waals surface area (Å²) in [5.41, 5.74) is 0. The molecule has 0 rings (SSSR count). The van der Waals surface area contributed by atoms with Gasteiger partial charge in [-0.1, -0.05) is 0 Å². The Bertz CT molecular complexity index is 198. The smallest absolute Gasteiger partial charge is 0.366 e. The average molecular weight is 200 g/mol. The zero-order valence-electron chi connectivity index (χ0n) is 6.95. The molecule has 0 N–H and O–H groups in total. The molecule has 68 valence electrons. The Balaban J connectivity index is 4.86. The van der Waals surface area contributed by atoms with E-state index in [9.17, 15) is 8.42 Å². The first-order valence-electron chi connectivity index (χ1n) is 2.78. The lowest BCUT2D eigenvalue weighted by molar-refractivity contribution is 0.148. The van der Waals surface area contributed by atoms with Crippen LogP contribution in [0, 0.1) is 0 Å². The largest absolute Gasteiger partial charge is 0.633 e. The maximum atomic E-state index is 11.0. The summed E-state index contributed by atoms with van der Waals surface area (Å²) in [6.45, 7) is 0. The van der Waals surface area contributed by atoms with Crippen LogP contribution in [0.5, 0.6) is 0 Å². The van der Waals surface area contributed by atoms with Crippen molar-refractivity contribution in [2.24, 2.45) is 0 Å². The molecule has 0 amide bonds. The third-order valence-corrected chi connectivity index (χ3v) is 7.84. The van der Waals surface area contributed by atoms with Gasteiger partial charge in [0.1, 0.15) is 0 Å². The predicted octanol–water partition coefficient (Wildman–Crippen LogP) is -0.594. The summed E-state index contributed by atoms with van der Waals surface area (Å²) in [7, 11) is -3.10. The molecule has 0 saturated heterocycles. The first kappa shape index (κ1) is 11.0. The van der Waals surface area contributed by atoms with Gasteiger partial charge in [0.05, 0.1) is 0 Å². The van der Waals surface area contributed by atoms with Crippen LogP contribution in [0.15, 0.2) is 0 Å². The zero-order valence-corrected chi connectivity index (χ0v) is 8.77. The van der Waals surface area contributed by atoms with E-state index in [2.05, 4.69) is 0 Å². The fraction of sp³-hybridized carbons (Fsp3) is 1.00. The Morgan fingerprint density at radius 1 is 1.00 bits per heavy atom. The van der Waals surface area contributed by atoms with Gasteiger partial charge in [-0.25, -0.2) is 8.42 Å². The number of rotatable bonds is 4. The first-order chi connectivity index (χ1) is 4.93. The van der Waals surface area contributed by atoms with E-state index in [0.717, 1.165) is 6.26 Å². The highest BCUT2D eigenvalue weighted by atomic mass is 32.4. The molecular formula is C4H12O5SSi. The van der Waals surface area contributed by atoms with E-state index in [0.29, 0.717) is 0 Å². The van der Waals surface area contributed by atoms with Crippen molar-refractivity contribution in [3.63, 3.8) is 0 Å². The lowest BCUT2D eigenvalue weighted by Crippen LogP contribution is -2.50. The Labute approximate surface area is 67.2 Å². The summed E-state index contributed by atoms with van der Waals surface area (Å²) >= 11 is 0. The lowest BCUT2D eigenvalue weighted by atomic mass is 11.8. The SMILES string of the molecule is CO[Si](OC)(OC)S(C)(=O)=O. The molecule has 0 fully saturated rings. The summed E-state index contributed by atoms with van der Waals surface area (Å²) in [5.74, 6) is 0. The fourth-order valence-electron chi connectivity index (χ4n) is 0.704. The summed E-state index contributed by atoms with van der Waals surface area (Å²) < 4.78 is 36.2. The van der Waals surface area contributed by atoms with Gasteiger partial charge in [0.15, 0.2) is 0 Å². The van der Waals surface area contributed by atoms with Gasteiger partial charge in [-0.05, 0) is 0 Å². The van der Waals surface area contributed by atoms with Gasteiger partial charge < -0.3 is 13.3 Å². The second kappa shape index (κ2) is 3.63. The third kappa shape index (κ3) is 2.00. The molecule has 0 aromatic heterocycles. The van der Waals surface area contributed by atoms with Gasteiger partial charge in [0.2, 0.25) is 9.29 Å². The van der Waals surface area contributed by atoms with E-state index in [-0.39, 0.29) is 0 Å². The quantitative estimate of drug-likeness (QED) is 0.567. The van der Waals surface area contributed by atoms with Crippen LogP contribution < -0.4 is 0 Å². The van der Waals surface area contributed by atoms with Gasteiger partial charge in [-0.3, -0.25) is 0 Å². The fourth-order valence-corrected chi connectivity index (χ4v) is 4.84. The molecule has 0 saturated carbocycles. The molecule has 0 radical (unpaired) electrons. The zero-order chi connectivity index (χ0) is 9.12. The highest BCUT2D eigenvalue weighted by molar-refractivity contribution is 8.19. The van der Waals surface area contributed by atoms with Crippen molar-refractivity contribution in [1.82, 2.24) is 0 Å². The molecule has 0 unspecified atom stereocenters. The first-order valence-corrected chi connectivity index (χ1v) is 7.12. The third-order valence-electron chi connectivity index (χ3n) is 1.20.